The van der Waals surface area contributed by atoms with Crippen molar-refractivity contribution < 1.29 is 9.47 Å². The molecule has 10 heteroatoms. The van der Waals surface area contributed by atoms with Crippen molar-refractivity contribution >= 4 is 34.3 Å². The topological polar surface area (TPSA) is 124 Å². The van der Waals surface area contributed by atoms with Gasteiger partial charge in [0.1, 0.15) is 11.6 Å². The van der Waals surface area contributed by atoms with Crippen molar-refractivity contribution in [2.75, 3.05) is 49.4 Å². The maximum atomic E-state index is 5.64. The smallest absolute Gasteiger partial charge is 0.228 e. The molecule has 4 heterocycles. The summed E-state index contributed by atoms with van der Waals surface area (Å²) in [5, 5.41) is 4.32. The van der Waals surface area contributed by atoms with Gasteiger partial charge in [0.05, 0.1) is 43.4 Å². The minimum atomic E-state index is 0.215. The number of hydrogen-bond acceptors (Lipinski definition) is 10. The molecule has 3 N–H and O–H groups in total. The normalized spacial score (nSPS) is 13.8. The fourth-order valence-electron chi connectivity index (χ4n) is 3.47. The first kappa shape index (κ1) is 19.9. The molecule has 0 saturated carbocycles. The van der Waals surface area contributed by atoms with E-state index in [4.69, 9.17) is 25.2 Å². The molecule has 1 fully saturated rings. The van der Waals surface area contributed by atoms with Crippen molar-refractivity contribution in [3.8, 4) is 17.0 Å². The number of nitrogen functional groups attached to an aromatic ring is 1. The number of nitrogens with two attached hydrogens (primary N) is 1. The van der Waals surface area contributed by atoms with Crippen LogP contribution in [0.5, 0.6) is 5.75 Å². The Morgan fingerprint density at radius 2 is 1.81 bits per heavy atom. The Morgan fingerprint density at radius 1 is 1.00 bits per heavy atom. The van der Waals surface area contributed by atoms with Gasteiger partial charge in [-0.1, -0.05) is 0 Å². The first-order valence-electron chi connectivity index (χ1n) is 10.2. The van der Waals surface area contributed by atoms with Crippen molar-refractivity contribution in [1.29, 1.82) is 0 Å². The van der Waals surface area contributed by atoms with Gasteiger partial charge < -0.3 is 25.4 Å². The van der Waals surface area contributed by atoms with Gasteiger partial charge in [0.25, 0.3) is 0 Å². The van der Waals surface area contributed by atoms with Crippen LogP contribution in [0.2, 0.25) is 0 Å². The van der Waals surface area contributed by atoms with Crippen molar-refractivity contribution in [3.05, 3.63) is 48.9 Å². The molecular weight excluding hydrogens is 408 g/mol. The molecule has 0 radical (unpaired) electrons. The van der Waals surface area contributed by atoms with Gasteiger partial charge in [-0.25, -0.2) is 15.0 Å². The van der Waals surface area contributed by atoms with Crippen molar-refractivity contribution in [1.82, 2.24) is 24.9 Å². The average molecular weight is 430 g/mol. The molecule has 1 aromatic carbocycles. The number of ether oxygens (including phenoxy) is 2. The third kappa shape index (κ3) is 4.21. The number of nitrogens with zero attached hydrogens (tertiary/aromatic N) is 6. The number of hydrogen-bond donors (Lipinski definition) is 2. The predicted octanol–water partition coefficient (Wildman–Crippen LogP) is 2.65. The number of nitrogens with one attached hydrogen (secondary N) is 1. The molecule has 4 aromatic rings. The maximum Gasteiger partial charge on any atom is 0.228 e. The molecule has 1 saturated heterocycles. The number of pyridine rings is 1. The zero-order valence-corrected chi connectivity index (χ0v) is 17.5. The maximum absolute atomic E-state index is 5.64. The highest BCUT2D eigenvalue weighted by Gasteiger charge is 2.17. The summed E-state index contributed by atoms with van der Waals surface area (Å²) in [5.41, 5.74) is 8.77. The summed E-state index contributed by atoms with van der Waals surface area (Å²) in [4.78, 5) is 24.3. The van der Waals surface area contributed by atoms with Crippen LogP contribution in [0.3, 0.4) is 0 Å². The number of benzene rings is 1. The SMILES string of the molecule is COc1ccc2ncc(Nc3cc(-c4cnc(N)nc4)nc(N4CCOCC4)n3)cc2c1. The molecule has 162 valence electrons. The van der Waals surface area contributed by atoms with Gasteiger partial charge in [0.15, 0.2) is 0 Å². The second-order valence-electron chi connectivity index (χ2n) is 7.28. The second-order valence-corrected chi connectivity index (χ2v) is 7.28. The van der Waals surface area contributed by atoms with Crippen LogP contribution in [0, 0.1) is 0 Å². The van der Waals surface area contributed by atoms with E-state index < -0.39 is 0 Å². The number of aromatic nitrogens is 5. The van der Waals surface area contributed by atoms with Crippen molar-refractivity contribution in [2.24, 2.45) is 0 Å². The first-order valence-corrected chi connectivity index (χ1v) is 10.2. The van der Waals surface area contributed by atoms with Crippen LogP contribution in [-0.4, -0.2) is 58.3 Å². The number of methoxy groups -OCH3 is 1. The zero-order chi connectivity index (χ0) is 21.9. The molecule has 3 aromatic heterocycles. The summed E-state index contributed by atoms with van der Waals surface area (Å²) in [6.45, 7) is 2.71. The van der Waals surface area contributed by atoms with Crippen LogP contribution in [0.4, 0.5) is 23.4 Å². The van der Waals surface area contributed by atoms with Gasteiger partial charge in [-0.15, -0.1) is 0 Å². The van der Waals surface area contributed by atoms with E-state index in [-0.39, 0.29) is 5.95 Å². The molecule has 0 unspecified atom stereocenters. The molecule has 0 amide bonds. The van der Waals surface area contributed by atoms with Crippen LogP contribution in [0.1, 0.15) is 0 Å². The summed E-state index contributed by atoms with van der Waals surface area (Å²) in [5.74, 6) is 2.24. The summed E-state index contributed by atoms with van der Waals surface area (Å²) < 4.78 is 10.8. The van der Waals surface area contributed by atoms with E-state index >= 15 is 0 Å². The van der Waals surface area contributed by atoms with Crippen LogP contribution in [0.25, 0.3) is 22.2 Å². The van der Waals surface area contributed by atoms with Gasteiger partial charge in [0.2, 0.25) is 11.9 Å². The lowest BCUT2D eigenvalue weighted by molar-refractivity contribution is 0.122. The predicted molar refractivity (Wildman–Crippen MR) is 122 cm³/mol. The lowest BCUT2D eigenvalue weighted by Gasteiger charge is -2.27. The average Bonchev–Trinajstić information content (AvgIpc) is 2.84. The summed E-state index contributed by atoms with van der Waals surface area (Å²) in [6.07, 6.45) is 5.08. The van der Waals surface area contributed by atoms with Gasteiger partial charge >= 0.3 is 0 Å². The fraction of sp³-hybridized carbons (Fsp3) is 0.227. The first-order chi connectivity index (χ1) is 15.7. The molecule has 0 bridgehead atoms. The van der Waals surface area contributed by atoms with Crippen LogP contribution in [-0.2, 0) is 4.74 Å². The summed E-state index contributed by atoms with van der Waals surface area (Å²) >= 11 is 0. The molecule has 0 atom stereocenters. The fourth-order valence-corrected chi connectivity index (χ4v) is 3.47. The van der Waals surface area contributed by atoms with Crippen LogP contribution in [0.15, 0.2) is 48.9 Å². The molecule has 1 aliphatic heterocycles. The standard InChI is InChI=1S/C22H22N8O2/c1-31-17-2-3-18-14(9-17)8-16(13-24-18)27-20-10-19(15-11-25-21(23)26-12-15)28-22(29-20)30-4-6-32-7-5-30/h2-3,8-13H,4-7H2,1H3,(H2,23,25,26)(H,27,28,29). The van der Waals surface area contributed by atoms with Crippen molar-refractivity contribution in [3.63, 3.8) is 0 Å². The van der Waals surface area contributed by atoms with E-state index in [2.05, 4.69) is 25.2 Å². The highest BCUT2D eigenvalue weighted by atomic mass is 16.5. The molecule has 1 aliphatic rings. The van der Waals surface area contributed by atoms with Crippen molar-refractivity contribution in [2.45, 2.75) is 0 Å². The van der Waals surface area contributed by atoms with Gasteiger partial charge in [-0.05, 0) is 24.3 Å². The number of morpholine rings is 1. The van der Waals surface area contributed by atoms with E-state index in [1.807, 2.05) is 30.3 Å². The Labute approximate surface area is 184 Å². The monoisotopic (exact) mass is 430 g/mol. The molecule has 32 heavy (non-hydrogen) atoms. The number of anilines is 4. The Kier molecular flexibility index (Phi) is 5.34. The Hall–Kier alpha value is -4.05. The van der Waals surface area contributed by atoms with Gasteiger partial charge in [-0.3, -0.25) is 4.98 Å². The highest BCUT2D eigenvalue weighted by molar-refractivity contribution is 5.84. The zero-order valence-electron chi connectivity index (χ0n) is 17.5. The second kappa shape index (κ2) is 8.60. The minimum Gasteiger partial charge on any atom is -0.497 e. The molecule has 5 rings (SSSR count). The number of fused-ring (bicyclic) bond motifs is 1. The molecule has 0 aliphatic carbocycles. The summed E-state index contributed by atoms with van der Waals surface area (Å²) in [6, 6.07) is 9.63. The van der Waals surface area contributed by atoms with E-state index in [1.54, 1.807) is 25.7 Å². The third-order valence-corrected chi connectivity index (χ3v) is 5.14. The third-order valence-electron chi connectivity index (χ3n) is 5.14. The molecule has 10 nitrogen and oxygen atoms in total. The van der Waals surface area contributed by atoms with E-state index in [0.717, 1.165) is 41.0 Å². The lowest BCUT2D eigenvalue weighted by atomic mass is 10.2. The quantitative estimate of drug-likeness (QED) is 0.488. The molecular formula is C22H22N8O2. The Morgan fingerprint density at radius 3 is 2.59 bits per heavy atom. The van der Waals surface area contributed by atoms with Crippen LogP contribution >= 0.6 is 0 Å². The van der Waals surface area contributed by atoms with Crippen LogP contribution < -0.4 is 20.7 Å². The van der Waals surface area contributed by atoms with Gasteiger partial charge in [-0.2, -0.15) is 4.98 Å². The largest absolute Gasteiger partial charge is 0.497 e. The summed E-state index contributed by atoms with van der Waals surface area (Å²) in [7, 11) is 1.65. The van der Waals surface area contributed by atoms with Gasteiger partial charge in [0, 0.05) is 42.5 Å². The molecule has 0 spiro atoms. The van der Waals surface area contributed by atoms with E-state index in [0.29, 0.717) is 30.7 Å². The Bertz CT molecular complexity index is 1240. The number of rotatable bonds is 5. The lowest BCUT2D eigenvalue weighted by Crippen LogP contribution is -2.37. The highest BCUT2D eigenvalue weighted by Crippen LogP contribution is 2.27. The Balaban J connectivity index is 1.52. The minimum absolute atomic E-state index is 0.215. The van der Waals surface area contributed by atoms with E-state index in [1.165, 1.54) is 0 Å². The van der Waals surface area contributed by atoms with E-state index in [9.17, 15) is 0 Å².